The van der Waals surface area contributed by atoms with Crippen molar-refractivity contribution < 1.29 is 4.74 Å². The monoisotopic (exact) mass is 246 g/mol. The van der Waals surface area contributed by atoms with E-state index in [1.54, 1.807) is 6.20 Å². The first-order valence-electron chi connectivity index (χ1n) is 5.44. The van der Waals surface area contributed by atoms with E-state index in [0.29, 0.717) is 11.6 Å². The number of para-hydroxylation sites is 1. The lowest BCUT2D eigenvalue weighted by atomic mass is 10.2. The van der Waals surface area contributed by atoms with Crippen molar-refractivity contribution in [1.29, 1.82) is 0 Å². The maximum absolute atomic E-state index is 5.71. The van der Waals surface area contributed by atoms with Gasteiger partial charge in [-0.15, -0.1) is 0 Å². The average Bonchev–Trinajstić information content (AvgIpc) is 2.35. The van der Waals surface area contributed by atoms with Crippen LogP contribution in [-0.2, 0) is 0 Å². The molecule has 1 atom stereocenters. The summed E-state index contributed by atoms with van der Waals surface area (Å²) in [6.45, 7) is 2.42. The molecule has 0 amide bonds. The highest BCUT2D eigenvalue weighted by Crippen LogP contribution is 2.23. The Morgan fingerprint density at radius 2 is 2.18 bits per heavy atom. The molecule has 88 valence electrons. The second-order valence-electron chi connectivity index (χ2n) is 3.95. The molecule has 1 aromatic heterocycles. The average molecular weight is 246 g/mol. The second-order valence-corrected chi connectivity index (χ2v) is 4.42. The molecule has 0 saturated heterocycles. The molecule has 0 bridgehead atoms. The summed E-state index contributed by atoms with van der Waals surface area (Å²) in [4.78, 5) is 4.79. The third-order valence-corrected chi connectivity index (χ3v) is 2.97. The summed E-state index contributed by atoms with van der Waals surface area (Å²) in [5, 5.41) is 1.06. The van der Waals surface area contributed by atoms with Gasteiger partial charge in [-0.1, -0.05) is 37.3 Å². The molecular formula is C13H14N2OS. The van der Waals surface area contributed by atoms with Gasteiger partial charge in [-0.05, 0) is 12.1 Å². The number of fused-ring (bicyclic) bond motifs is 1. The largest absolute Gasteiger partial charge is 0.491 e. The van der Waals surface area contributed by atoms with E-state index in [0.717, 1.165) is 16.7 Å². The van der Waals surface area contributed by atoms with Crippen LogP contribution in [0, 0.1) is 5.92 Å². The lowest BCUT2D eigenvalue weighted by molar-refractivity contribution is 0.296. The fourth-order valence-corrected chi connectivity index (χ4v) is 1.56. The molecule has 1 unspecified atom stereocenters. The van der Waals surface area contributed by atoms with Gasteiger partial charge in [-0.2, -0.15) is 0 Å². The van der Waals surface area contributed by atoms with Crippen LogP contribution in [0.4, 0.5) is 0 Å². The summed E-state index contributed by atoms with van der Waals surface area (Å²) >= 11 is 4.91. The van der Waals surface area contributed by atoms with Crippen molar-refractivity contribution in [2.45, 2.75) is 6.92 Å². The number of ether oxygens (including phenoxy) is 1. The number of pyridine rings is 1. The third kappa shape index (κ3) is 2.71. The molecule has 0 aliphatic heterocycles. The first-order chi connectivity index (χ1) is 8.18. The van der Waals surface area contributed by atoms with Crippen LogP contribution in [0.3, 0.4) is 0 Å². The first kappa shape index (κ1) is 11.8. The summed E-state index contributed by atoms with van der Waals surface area (Å²) in [7, 11) is 0. The Kier molecular flexibility index (Phi) is 3.54. The number of hydrogen-bond acceptors (Lipinski definition) is 3. The fraction of sp³-hybridized carbons (Fsp3) is 0.231. The van der Waals surface area contributed by atoms with Crippen molar-refractivity contribution in [3.63, 3.8) is 0 Å². The maximum Gasteiger partial charge on any atom is 0.145 e. The third-order valence-electron chi connectivity index (χ3n) is 2.57. The number of nitrogens with two attached hydrogens (primary N) is 1. The molecule has 1 heterocycles. The van der Waals surface area contributed by atoms with Crippen LogP contribution in [0.25, 0.3) is 10.9 Å². The number of benzene rings is 1. The van der Waals surface area contributed by atoms with Crippen molar-refractivity contribution in [2.24, 2.45) is 11.7 Å². The molecule has 0 radical (unpaired) electrons. The van der Waals surface area contributed by atoms with Crippen LogP contribution < -0.4 is 10.5 Å². The van der Waals surface area contributed by atoms with E-state index in [4.69, 9.17) is 22.7 Å². The van der Waals surface area contributed by atoms with E-state index in [1.807, 2.05) is 37.3 Å². The van der Waals surface area contributed by atoms with E-state index < -0.39 is 0 Å². The van der Waals surface area contributed by atoms with E-state index >= 15 is 0 Å². The Morgan fingerprint density at radius 1 is 1.41 bits per heavy atom. The van der Waals surface area contributed by atoms with Crippen molar-refractivity contribution >= 4 is 28.1 Å². The van der Waals surface area contributed by atoms with Crippen LogP contribution in [0.5, 0.6) is 5.75 Å². The highest BCUT2D eigenvalue weighted by Gasteiger charge is 2.08. The van der Waals surface area contributed by atoms with Crippen LogP contribution in [-0.4, -0.2) is 16.6 Å². The van der Waals surface area contributed by atoms with Gasteiger partial charge in [0.2, 0.25) is 0 Å². The fourth-order valence-electron chi connectivity index (χ4n) is 1.49. The van der Waals surface area contributed by atoms with Crippen molar-refractivity contribution in [3.05, 3.63) is 36.5 Å². The zero-order valence-corrected chi connectivity index (χ0v) is 10.4. The van der Waals surface area contributed by atoms with Crippen molar-refractivity contribution in [1.82, 2.24) is 4.98 Å². The molecule has 2 aromatic rings. The van der Waals surface area contributed by atoms with Gasteiger partial charge in [0.15, 0.2) is 0 Å². The van der Waals surface area contributed by atoms with E-state index in [1.165, 1.54) is 0 Å². The quantitative estimate of drug-likeness (QED) is 0.842. The highest BCUT2D eigenvalue weighted by molar-refractivity contribution is 7.80. The summed E-state index contributed by atoms with van der Waals surface area (Å²) < 4.78 is 5.71. The van der Waals surface area contributed by atoms with Gasteiger partial charge < -0.3 is 10.5 Å². The molecule has 0 fully saturated rings. The molecule has 1 aromatic carbocycles. The molecule has 2 rings (SSSR count). The van der Waals surface area contributed by atoms with Gasteiger partial charge >= 0.3 is 0 Å². The Balaban J connectivity index is 2.21. The van der Waals surface area contributed by atoms with E-state index in [-0.39, 0.29) is 5.92 Å². The maximum atomic E-state index is 5.71. The minimum absolute atomic E-state index is 0.0592. The molecule has 3 nitrogen and oxygen atoms in total. The summed E-state index contributed by atoms with van der Waals surface area (Å²) in [6.07, 6.45) is 1.76. The molecule has 4 heteroatoms. The smallest absolute Gasteiger partial charge is 0.145 e. The van der Waals surface area contributed by atoms with Crippen LogP contribution in [0.2, 0.25) is 0 Å². The van der Waals surface area contributed by atoms with Gasteiger partial charge in [0.05, 0.1) is 11.6 Å². The van der Waals surface area contributed by atoms with Crippen LogP contribution in [0.1, 0.15) is 6.92 Å². The molecule has 0 aliphatic rings. The molecule has 0 spiro atoms. The molecule has 17 heavy (non-hydrogen) atoms. The Hall–Kier alpha value is -1.68. The molecule has 0 saturated carbocycles. The first-order valence-corrected chi connectivity index (χ1v) is 5.85. The van der Waals surface area contributed by atoms with Crippen LogP contribution >= 0.6 is 12.2 Å². The zero-order valence-electron chi connectivity index (χ0n) is 9.59. The lowest BCUT2D eigenvalue weighted by Gasteiger charge is -2.12. The van der Waals surface area contributed by atoms with Gasteiger partial charge in [-0.25, -0.2) is 0 Å². The molecular weight excluding hydrogens is 232 g/mol. The predicted molar refractivity (Wildman–Crippen MR) is 73.2 cm³/mol. The van der Waals surface area contributed by atoms with Gasteiger partial charge in [0.25, 0.3) is 0 Å². The van der Waals surface area contributed by atoms with E-state index in [2.05, 4.69) is 4.98 Å². The predicted octanol–water partition coefficient (Wildman–Crippen LogP) is 2.54. The molecule has 0 aliphatic carbocycles. The lowest BCUT2D eigenvalue weighted by Crippen LogP contribution is -2.24. The standard InChI is InChI=1S/C13H14N2OS/c1-9(13(14)17)8-16-11-6-2-4-10-5-3-7-15-12(10)11/h2-7,9H,8H2,1H3,(H2,14,17). The number of aromatic nitrogens is 1. The summed E-state index contributed by atoms with van der Waals surface area (Å²) in [6, 6.07) is 9.77. The number of hydrogen-bond donors (Lipinski definition) is 1. The highest BCUT2D eigenvalue weighted by atomic mass is 32.1. The van der Waals surface area contributed by atoms with Crippen molar-refractivity contribution in [3.8, 4) is 5.75 Å². The van der Waals surface area contributed by atoms with E-state index in [9.17, 15) is 0 Å². The number of thiocarbonyl (C=S) groups is 1. The second kappa shape index (κ2) is 5.10. The van der Waals surface area contributed by atoms with Gasteiger partial charge in [0, 0.05) is 17.5 Å². The zero-order chi connectivity index (χ0) is 12.3. The summed E-state index contributed by atoms with van der Waals surface area (Å²) in [5.41, 5.74) is 6.41. The minimum Gasteiger partial charge on any atom is -0.491 e. The Bertz CT molecular complexity index is 536. The Morgan fingerprint density at radius 3 is 2.94 bits per heavy atom. The normalized spacial score (nSPS) is 12.3. The van der Waals surface area contributed by atoms with Gasteiger partial charge in [0.1, 0.15) is 11.3 Å². The van der Waals surface area contributed by atoms with Crippen LogP contribution in [0.15, 0.2) is 36.5 Å². The van der Waals surface area contributed by atoms with Gasteiger partial charge in [-0.3, -0.25) is 4.98 Å². The summed E-state index contributed by atoms with van der Waals surface area (Å²) in [5.74, 6) is 0.829. The topological polar surface area (TPSA) is 48.1 Å². The minimum atomic E-state index is 0.0592. The Labute approximate surface area is 106 Å². The SMILES string of the molecule is CC(COc1cccc2cccnc12)C(N)=S. The number of rotatable bonds is 4. The number of nitrogens with zero attached hydrogens (tertiary/aromatic N) is 1. The molecule has 2 N–H and O–H groups in total. The van der Waals surface area contributed by atoms with Crippen molar-refractivity contribution in [2.75, 3.05) is 6.61 Å².